The molecule has 0 radical (unpaired) electrons. The molecule has 2 aromatic rings. The van der Waals surface area contributed by atoms with Crippen LogP contribution in [0.5, 0.6) is 0 Å². The van der Waals surface area contributed by atoms with Gasteiger partial charge in [-0.15, -0.1) is 0 Å². The zero-order valence-corrected chi connectivity index (χ0v) is 17.7. The molecule has 29 heavy (non-hydrogen) atoms. The summed E-state index contributed by atoms with van der Waals surface area (Å²) in [5.41, 5.74) is 3.82. The first kappa shape index (κ1) is 20.0. The van der Waals surface area contributed by atoms with Crippen LogP contribution < -0.4 is 4.90 Å². The number of morpholine rings is 1. The smallest absolute Gasteiger partial charge is 0.282 e. The minimum atomic E-state index is -0.385. The summed E-state index contributed by atoms with van der Waals surface area (Å²) in [7, 11) is 0. The van der Waals surface area contributed by atoms with Gasteiger partial charge in [-0.1, -0.05) is 35.3 Å². The van der Waals surface area contributed by atoms with Gasteiger partial charge in [0.15, 0.2) is 0 Å². The van der Waals surface area contributed by atoms with Crippen LogP contribution >= 0.6 is 23.2 Å². The lowest BCUT2D eigenvalue weighted by Crippen LogP contribution is -2.40. The summed E-state index contributed by atoms with van der Waals surface area (Å²) < 4.78 is 5.42. The van der Waals surface area contributed by atoms with Crippen molar-refractivity contribution in [3.63, 3.8) is 0 Å². The highest BCUT2D eigenvalue weighted by Gasteiger charge is 2.43. The van der Waals surface area contributed by atoms with E-state index in [2.05, 4.69) is 0 Å². The van der Waals surface area contributed by atoms with Crippen LogP contribution in [0.25, 0.3) is 5.57 Å². The number of nitrogens with zero attached hydrogens (tertiary/aromatic N) is 2. The van der Waals surface area contributed by atoms with Gasteiger partial charge in [0.05, 0.1) is 29.5 Å². The van der Waals surface area contributed by atoms with Crippen LogP contribution in [0.2, 0.25) is 10.0 Å². The number of aryl methyl sites for hydroxylation is 2. The summed E-state index contributed by atoms with van der Waals surface area (Å²) in [6.07, 6.45) is 0. The lowest BCUT2D eigenvalue weighted by Gasteiger charge is -2.29. The number of rotatable bonds is 3. The van der Waals surface area contributed by atoms with E-state index in [1.54, 1.807) is 24.3 Å². The minimum Gasteiger partial charge on any atom is -0.378 e. The number of hydrogen-bond acceptors (Lipinski definition) is 4. The Bertz CT molecular complexity index is 1040. The Labute approximate surface area is 179 Å². The molecule has 2 aliphatic rings. The van der Waals surface area contributed by atoms with Gasteiger partial charge in [0.25, 0.3) is 11.8 Å². The van der Waals surface area contributed by atoms with Gasteiger partial charge in [-0.25, -0.2) is 4.90 Å². The first-order valence-corrected chi connectivity index (χ1v) is 10.1. The molecule has 0 aromatic heterocycles. The van der Waals surface area contributed by atoms with Crippen LogP contribution in [0.4, 0.5) is 5.69 Å². The molecular weight excluding hydrogens is 411 g/mol. The summed E-state index contributed by atoms with van der Waals surface area (Å²) in [5, 5.41) is 0.802. The predicted molar refractivity (Wildman–Crippen MR) is 114 cm³/mol. The van der Waals surface area contributed by atoms with Crippen molar-refractivity contribution < 1.29 is 14.3 Å². The van der Waals surface area contributed by atoms with Gasteiger partial charge >= 0.3 is 0 Å². The van der Waals surface area contributed by atoms with E-state index < -0.39 is 0 Å². The summed E-state index contributed by atoms with van der Waals surface area (Å²) in [5.74, 6) is -0.731. The van der Waals surface area contributed by atoms with E-state index in [4.69, 9.17) is 27.9 Å². The molecule has 4 rings (SSSR count). The lowest BCUT2D eigenvalue weighted by molar-refractivity contribution is -0.121. The normalized spacial score (nSPS) is 17.5. The summed E-state index contributed by atoms with van der Waals surface area (Å²) in [6, 6.07) is 10.5. The maximum Gasteiger partial charge on any atom is 0.282 e. The van der Waals surface area contributed by atoms with Crippen molar-refractivity contribution in [3.8, 4) is 0 Å². The van der Waals surface area contributed by atoms with Gasteiger partial charge in [0, 0.05) is 23.7 Å². The molecule has 0 aliphatic carbocycles. The largest absolute Gasteiger partial charge is 0.378 e. The molecule has 2 aromatic carbocycles. The molecule has 150 valence electrons. The predicted octanol–water partition coefficient (Wildman–Crippen LogP) is 4.23. The van der Waals surface area contributed by atoms with Gasteiger partial charge in [-0.05, 0) is 49.2 Å². The van der Waals surface area contributed by atoms with E-state index in [-0.39, 0.29) is 11.8 Å². The first-order chi connectivity index (χ1) is 13.9. The minimum absolute atomic E-state index is 0.303. The van der Waals surface area contributed by atoms with Crippen LogP contribution in [0.1, 0.15) is 16.7 Å². The average Bonchev–Trinajstić information content (AvgIpc) is 2.95. The molecule has 0 N–H and O–H groups in total. The van der Waals surface area contributed by atoms with Crippen LogP contribution in [0.3, 0.4) is 0 Å². The Morgan fingerprint density at radius 2 is 1.62 bits per heavy atom. The molecule has 2 heterocycles. The number of hydrogen-bond donors (Lipinski definition) is 0. The summed E-state index contributed by atoms with van der Waals surface area (Å²) >= 11 is 12.5. The van der Waals surface area contributed by atoms with E-state index in [0.717, 1.165) is 11.1 Å². The van der Waals surface area contributed by atoms with Gasteiger partial charge in [-0.3, -0.25) is 9.59 Å². The van der Waals surface area contributed by atoms with Gasteiger partial charge < -0.3 is 9.64 Å². The molecule has 2 aliphatic heterocycles. The van der Waals surface area contributed by atoms with E-state index in [9.17, 15) is 9.59 Å². The maximum absolute atomic E-state index is 13.5. The van der Waals surface area contributed by atoms with Crippen molar-refractivity contribution in [3.05, 3.63) is 68.8 Å². The van der Waals surface area contributed by atoms with Gasteiger partial charge in [0.2, 0.25) is 0 Å². The molecule has 5 nitrogen and oxygen atoms in total. The molecule has 0 spiro atoms. The molecule has 7 heteroatoms. The van der Waals surface area contributed by atoms with Crippen molar-refractivity contribution in [1.29, 1.82) is 0 Å². The number of carbonyl (C=O) groups is 2. The monoisotopic (exact) mass is 430 g/mol. The summed E-state index contributed by atoms with van der Waals surface area (Å²) in [6.45, 7) is 6.00. The Morgan fingerprint density at radius 3 is 2.28 bits per heavy atom. The first-order valence-electron chi connectivity index (χ1n) is 9.37. The highest BCUT2D eigenvalue weighted by Crippen LogP contribution is 2.38. The second kappa shape index (κ2) is 7.82. The number of amides is 2. The third-order valence-electron chi connectivity index (χ3n) is 5.34. The van der Waals surface area contributed by atoms with Crippen molar-refractivity contribution >= 4 is 46.3 Å². The van der Waals surface area contributed by atoms with E-state index >= 15 is 0 Å². The van der Waals surface area contributed by atoms with Crippen molar-refractivity contribution in [2.45, 2.75) is 13.8 Å². The lowest BCUT2D eigenvalue weighted by atomic mass is 10.0. The second-order valence-corrected chi connectivity index (χ2v) is 8.01. The number of carbonyl (C=O) groups excluding carboxylic acids is 2. The summed E-state index contributed by atoms with van der Waals surface area (Å²) in [4.78, 5) is 30.1. The standard InChI is InChI=1S/C22H20Cl2N2O3/c1-13-3-5-16(11-14(13)2)26-21(27)19(17-6-4-15(23)12-18(17)24)20(22(26)28)25-7-9-29-10-8-25/h3-6,11-12H,7-10H2,1-2H3. The Balaban J connectivity index is 1.86. The zero-order chi connectivity index (χ0) is 20.7. The van der Waals surface area contributed by atoms with E-state index in [1.807, 2.05) is 30.9 Å². The van der Waals surface area contributed by atoms with Crippen molar-refractivity contribution in [2.24, 2.45) is 0 Å². The fourth-order valence-corrected chi connectivity index (χ4v) is 4.14. The van der Waals surface area contributed by atoms with E-state index in [0.29, 0.717) is 58.9 Å². The zero-order valence-electron chi connectivity index (χ0n) is 16.2. The molecule has 1 fully saturated rings. The van der Waals surface area contributed by atoms with Crippen LogP contribution in [0, 0.1) is 13.8 Å². The number of imide groups is 1. The van der Waals surface area contributed by atoms with E-state index in [1.165, 1.54) is 4.90 Å². The molecular formula is C22H20Cl2N2O3. The fourth-order valence-electron chi connectivity index (χ4n) is 3.63. The van der Waals surface area contributed by atoms with Gasteiger partial charge in [-0.2, -0.15) is 0 Å². The highest BCUT2D eigenvalue weighted by molar-refractivity contribution is 6.47. The third-order valence-corrected chi connectivity index (χ3v) is 5.88. The van der Waals surface area contributed by atoms with Crippen molar-refractivity contribution in [2.75, 3.05) is 31.2 Å². The van der Waals surface area contributed by atoms with Crippen molar-refractivity contribution in [1.82, 2.24) is 4.90 Å². The van der Waals surface area contributed by atoms with Gasteiger partial charge in [0.1, 0.15) is 5.70 Å². The SMILES string of the molecule is Cc1ccc(N2C(=O)C(c3ccc(Cl)cc3Cl)=C(N3CCOCC3)C2=O)cc1C. The number of anilines is 1. The number of benzene rings is 2. The molecule has 0 unspecified atom stereocenters. The van der Waals surface area contributed by atoms with Crippen LogP contribution in [-0.4, -0.2) is 43.0 Å². The highest BCUT2D eigenvalue weighted by atomic mass is 35.5. The average molecular weight is 431 g/mol. The molecule has 1 saturated heterocycles. The second-order valence-electron chi connectivity index (χ2n) is 7.16. The Morgan fingerprint density at radius 1 is 0.897 bits per heavy atom. The quantitative estimate of drug-likeness (QED) is 0.683. The molecule has 0 bridgehead atoms. The molecule has 0 atom stereocenters. The maximum atomic E-state index is 13.5. The van der Waals surface area contributed by atoms with Crippen LogP contribution in [0.15, 0.2) is 42.1 Å². The fraction of sp³-hybridized carbons (Fsp3) is 0.273. The topological polar surface area (TPSA) is 49.9 Å². The Kier molecular flexibility index (Phi) is 5.38. The number of halogens is 2. The Hall–Kier alpha value is -2.34. The van der Waals surface area contributed by atoms with Crippen LogP contribution in [-0.2, 0) is 14.3 Å². The number of ether oxygens (including phenoxy) is 1. The molecule has 2 amide bonds. The molecule has 0 saturated carbocycles. The third kappa shape index (κ3) is 3.54.